The maximum atomic E-state index is 11.5. The van der Waals surface area contributed by atoms with Crippen molar-refractivity contribution in [2.75, 3.05) is 0 Å². The van der Waals surface area contributed by atoms with E-state index in [4.69, 9.17) is 4.74 Å². The quantitative estimate of drug-likeness (QED) is 0.839. The number of nitrogens with one attached hydrogen (secondary N) is 2. The average Bonchev–Trinajstić information content (AvgIpc) is 2.96. The van der Waals surface area contributed by atoms with Gasteiger partial charge in [-0.25, -0.2) is 10.2 Å². The SMILES string of the molecule is CC(C)(C)OC(=O)NNCc1cc(-c2cccs2)cs1. The largest absolute Gasteiger partial charge is 0.443 e. The first-order valence-electron chi connectivity index (χ1n) is 6.27. The highest BCUT2D eigenvalue weighted by molar-refractivity contribution is 7.14. The first-order valence-corrected chi connectivity index (χ1v) is 8.03. The molecule has 2 aromatic rings. The molecule has 0 unspecified atom stereocenters. The molecule has 0 aromatic carbocycles. The van der Waals surface area contributed by atoms with Crippen LogP contribution in [-0.4, -0.2) is 11.7 Å². The number of carbonyl (C=O) groups excluding carboxylic acids is 1. The highest BCUT2D eigenvalue weighted by Crippen LogP contribution is 2.29. The van der Waals surface area contributed by atoms with Crippen molar-refractivity contribution < 1.29 is 9.53 Å². The number of rotatable bonds is 4. The number of ether oxygens (including phenoxy) is 1. The number of hydrazine groups is 1. The zero-order valence-corrected chi connectivity index (χ0v) is 13.4. The molecule has 6 heteroatoms. The minimum absolute atomic E-state index is 0.465. The summed E-state index contributed by atoms with van der Waals surface area (Å²) >= 11 is 3.39. The summed E-state index contributed by atoms with van der Waals surface area (Å²) in [5.74, 6) is 0. The third-order valence-electron chi connectivity index (χ3n) is 2.31. The summed E-state index contributed by atoms with van der Waals surface area (Å²) in [7, 11) is 0. The van der Waals surface area contributed by atoms with Crippen molar-refractivity contribution in [2.24, 2.45) is 0 Å². The van der Waals surface area contributed by atoms with E-state index in [0.717, 1.165) is 4.88 Å². The van der Waals surface area contributed by atoms with Crippen LogP contribution in [0.2, 0.25) is 0 Å². The Bertz CT molecular complexity index is 556. The molecule has 4 nitrogen and oxygen atoms in total. The van der Waals surface area contributed by atoms with Gasteiger partial charge in [-0.1, -0.05) is 6.07 Å². The van der Waals surface area contributed by atoms with Crippen LogP contribution >= 0.6 is 22.7 Å². The smallest absolute Gasteiger partial charge is 0.422 e. The lowest BCUT2D eigenvalue weighted by Gasteiger charge is -2.19. The van der Waals surface area contributed by atoms with E-state index >= 15 is 0 Å². The third-order valence-corrected chi connectivity index (χ3v) is 4.17. The second-order valence-electron chi connectivity index (χ2n) is 5.26. The van der Waals surface area contributed by atoms with Gasteiger partial charge in [0.05, 0.1) is 0 Å². The molecule has 0 saturated heterocycles. The number of hydrogen-bond acceptors (Lipinski definition) is 5. The second kappa shape index (κ2) is 6.39. The van der Waals surface area contributed by atoms with Gasteiger partial charge in [0.25, 0.3) is 0 Å². The summed E-state index contributed by atoms with van der Waals surface area (Å²) < 4.78 is 5.13. The molecule has 0 bridgehead atoms. The minimum atomic E-state index is -0.485. The molecule has 108 valence electrons. The van der Waals surface area contributed by atoms with Gasteiger partial charge in [0.15, 0.2) is 0 Å². The maximum absolute atomic E-state index is 11.5. The van der Waals surface area contributed by atoms with Crippen LogP contribution in [0.3, 0.4) is 0 Å². The first kappa shape index (κ1) is 15.0. The summed E-state index contributed by atoms with van der Waals surface area (Å²) in [6.07, 6.45) is -0.465. The van der Waals surface area contributed by atoms with Crippen molar-refractivity contribution in [3.8, 4) is 10.4 Å². The fourth-order valence-corrected chi connectivity index (χ4v) is 3.17. The number of hydrogen-bond donors (Lipinski definition) is 2. The number of carbonyl (C=O) groups is 1. The summed E-state index contributed by atoms with van der Waals surface area (Å²) in [4.78, 5) is 13.9. The fourth-order valence-electron chi connectivity index (χ4n) is 1.55. The van der Waals surface area contributed by atoms with E-state index in [-0.39, 0.29) is 0 Å². The van der Waals surface area contributed by atoms with Gasteiger partial charge < -0.3 is 4.74 Å². The molecule has 2 rings (SSSR count). The first-order chi connectivity index (χ1) is 9.44. The van der Waals surface area contributed by atoms with Crippen molar-refractivity contribution >= 4 is 28.8 Å². The standard InChI is InChI=1S/C14H18N2O2S2/c1-14(2,3)18-13(17)16-15-8-11-7-10(9-20-11)12-5-4-6-19-12/h4-7,9,15H,8H2,1-3H3,(H,16,17). The Morgan fingerprint density at radius 1 is 1.35 bits per heavy atom. The van der Waals surface area contributed by atoms with Crippen LogP contribution in [0.5, 0.6) is 0 Å². The van der Waals surface area contributed by atoms with Gasteiger partial charge in [-0.3, -0.25) is 5.43 Å². The summed E-state index contributed by atoms with van der Waals surface area (Å²) in [6, 6.07) is 6.27. The van der Waals surface area contributed by atoms with Crippen molar-refractivity contribution in [1.82, 2.24) is 10.9 Å². The minimum Gasteiger partial charge on any atom is -0.443 e. The van der Waals surface area contributed by atoms with Crippen LogP contribution in [0.25, 0.3) is 10.4 Å². The van der Waals surface area contributed by atoms with Crippen LogP contribution in [0.1, 0.15) is 25.6 Å². The predicted molar refractivity (Wildman–Crippen MR) is 83.8 cm³/mol. The van der Waals surface area contributed by atoms with Gasteiger partial charge >= 0.3 is 6.09 Å². The van der Waals surface area contributed by atoms with E-state index in [0.29, 0.717) is 6.54 Å². The van der Waals surface area contributed by atoms with Crippen molar-refractivity contribution in [3.63, 3.8) is 0 Å². The molecule has 2 N–H and O–H groups in total. The highest BCUT2D eigenvalue weighted by atomic mass is 32.1. The third kappa shape index (κ3) is 4.63. The molecule has 20 heavy (non-hydrogen) atoms. The van der Waals surface area contributed by atoms with E-state index in [1.807, 2.05) is 26.8 Å². The molecule has 0 spiro atoms. The van der Waals surface area contributed by atoms with Crippen LogP contribution in [0.15, 0.2) is 29.0 Å². The Balaban J connectivity index is 1.79. The van der Waals surface area contributed by atoms with Gasteiger partial charge in [-0.05, 0) is 43.7 Å². The fraction of sp³-hybridized carbons (Fsp3) is 0.357. The molecular weight excluding hydrogens is 292 g/mol. The molecule has 0 saturated carbocycles. The number of thiophene rings is 2. The Kier molecular flexibility index (Phi) is 4.80. The summed E-state index contributed by atoms with van der Waals surface area (Å²) in [5.41, 5.74) is 6.14. The Morgan fingerprint density at radius 3 is 2.80 bits per heavy atom. The van der Waals surface area contributed by atoms with Crippen LogP contribution in [0.4, 0.5) is 4.79 Å². The van der Waals surface area contributed by atoms with Crippen LogP contribution < -0.4 is 10.9 Å². The summed E-state index contributed by atoms with van der Waals surface area (Å²) in [5, 5.41) is 4.19. The van der Waals surface area contributed by atoms with Crippen LogP contribution in [0, 0.1) is 0 Å². The van der Waals surface area contributed by atoms with E-state index in [1.165, 1.54) is 10.4 Å². The van der Waals surface area contributed by atoms with Gasteiger partial charge in [-0.2, -0.15) is 0 Å². The van der Waals surface area contributed by atoms with E-state index in [9.17, 15) is 4.79 Å². The molecule has 0 aliphatic rings. The second-order valence-corrected chi connectivity index (χ2v) is 7.20. The molecule has 0 radical (unpaired) electrons. The van der Waals surface area contributed by atoms with Gasteiger partial charge in [0.1, 0.15) is 5.60 Å². The Morgan fingerprint density at radius 2 is 2.15 bits per heavy atom. The molecule has 0 aliphatic carbocycles. The highest BCUT2D eigenvalue weighted by Gasteiger charge is 2.15. The van der Waals surface area contributed by atoms with Crippen LogP contribution in [-0.2, 0) is 11.3 Å². The maximum Gasteiger partial charge on any atom is 0.422 e. The molecule has 0 atom stereocenters. The van der Waals surface area contributed by atoms with Gasteiger partial charge in [-0.15, -0.1) is 22.7 Å². The molecule has 0 fully saturated rings. The lowest BCUT2D eigenvalue weighted by molar-refractivity contribution is 0.0497. The Hall–Kier alpha value is -1.37. The van der Waals surface area contributed by atoms with Crippen molar-refractivity contribution in [3.05, 3.63) is 33.8 Å². The van der Waals surface area contributed by atoms with Gasteiger partial charge in [0, 0.05) is 21.9 Å². The summed E-state index contributed by atoms with van der Waals surface area (Å²) in [6.45, 7) is 6.08. The predicted octanol–water partition coefficient (Wildman–Crippen LogP) is 4.01. The molecule has 1 amide bonds. The number of amides is 1. The Labute approximate surface area is 126 Å². The van der Waals surface area contributed by atoms with Crippen molar-refractivity contribution in [1.29, 1.82) is 0 Å². The molecule has 0 aliphatic heterocycles. The van der Waals surface area contributed by atoms with Crippen molar-refractivity contribution in [2.45, 2.75) is 32.9 Å². The monoisotopic (exact) mass is 310 g/mol. The molecular formula is C14H18N2O2S2. The average molecular weight is 310 g/mol. The lowest BCUT2D eigenvalue weighted by atomic mass is 10.2. The van der Waals surface area contributed by atoms with E-state index < -0.39 is 11.7 Å². The van der Waals surface area contributed by atoms with E-state index in [1.54, 1.807) is 22.7 Å². The zero-order chi connectivity index (χ0) is 14.6. The molecule has 2 aromatic heterocycles. The lowest BCUT2D eigenvalue weighted by Crippen LogP contribution is -2.40. The topological polar surface area (TPSA) is 50.4 Å². The normalized spacial score (nSPS) is 11.3. The van der Waals surface area contributed by atoms with E-state index in [2.05, 4.69) is 33.7 Å². The molecule has 2 heterocycles. The van der Waals surface area contributed by atoms with Gasteiger partial charge in [0.2, 0.25) is 0 Å². The zero-order valence-electron chi connectivity index (χ0n) is 11.7.